The topological polar surface area (TPSA) is 69.9 Å². The van der Waals surface area contributed by atoms with E-state index in [-0.39, 0.29) is 23.9 Å². The highest BCUT2D eigenvalue weighted by atomic mass is 35.5. The lowest BCUT2D eigenvalue weighted by molar-refractivity contribution is -0.0512. The number of halogens is 3. The number of anilines is 1. The van der Waals surface area contributed by atoms with E-state index in [1.807, 2.05) is 0 Å². The average molecular weight is 424 g/mol. The average Bonchev–Trinajstić information content (AvgIpc) is 3.17. The Kier molecular flexibility index (Phi) is 6.56. The molecule has 6 nitrogen and oxygen atoms in total. The third-order valence-corrected chi connectivity index (χ3v) is 3.97. The molecule has 1 aromatic heterocycles. The van der Waals surface area contributed by atoms with E-state index in [1.54, 1.807) is 30.3 Å². The number of amides is 1. The number of carbonyl (C=O) groups excluding carboxylic acids is 1. The summed E-state index contributed by atoms with van der Waals surface area (Å²) >= 11 is 5.82. The lowest BCUT2D eigenvalue weighted by atomic mass is 10.2. The molecule has 9 heteroatoms. The molecule has 0 atom stereocenters. The molecule has 0 aliphatic rings. The first kappa shape index (κ1) is 20.5. The molecule has 0 fully saturated rings. The van der Waals surface area contributed by atoms with Crippen molar-refractivity contribution in [2.24, 2.45) is 0 Å². The van der Waals surface area contributed by atoms with E-state index in [1.165, 1.54) is 31.4 Å². The molecule has 0 aliphatic heterocycles. The molecule has 0 unspecified atom stereocenters. The maximum Gasteiger partial charge on any atom is 0.387 e. The van der Waals surface area contributed by atoms with Gasteiger partial charge in [0.2, 0.25) is 0 Å². The van der Waals surface area contributed by atoms with Crippen molar-refractivity contribution in [3.8, 4) is 17.2 Å². The normalized spacial score (nSPS) is 10.7. The monoisotopic (exact) mass is 423 g/mol. The second-order valence-corrected chi connectivity index (χ2v) is 6.14. The van der Waals surface area contributed by atoms with Gasteiger partial charge < -0.3 is 23.9 Å². The first-order valence-electron chi connectivity index (χ1n) is 8.36. The fourth-order valence-electron chi connectivity index (χ4n) is 2.39. The number of hydrogen-bond donors (Lipinski definition) is 1. The van der Waals surface area contributed by atoms with Gasteiger partial charge in [0.05, 0.1) is 7.11 Å². The molecule has 3 rings (SSSR count). The van der Waals surface area contributed by atoms with Gasteiger partial charge in [-0.05, 0) is 48.5 Å². The van der Waals surface area contributed by atoms with Gasteiger partial charge in [-0.15, -0.1) is 0 Å². The van der Waals surface area contributed by atoms with Gasteiger partial charge >= 0.3 is 6.61 Å². The van der Waals surface area contributed by atoms with Crippen LogP contribution < -0.4 is 19.5 Å². The van der Waals surface area contributed by atoms with E-state index in [2.05, 4.69) is 10.1 Å². The Balaban J connectivity index is 1.61. The van der Waals surface area contributed by atoms with Crippen LogP contribution in [0.5, 0.6) is 17.2 Å². The van der Waals surface area contributed by atoms with Crippen molar-refractivity contribution in [1.82, 2.24) is 0 Å². The second kappa shape index (κ2) is 9.29. The molecule has 2 aromatic carbocycles. The summed E-state index contributed by atoms with van der Waals surface area (Å²) in [5, 5.41) is 3.19. The molecule has 1 amide bonds. The Bertz CT molecular complexity index is 975. The minimum Gasteiger partial charge on any atom is -0.493 e. The molecule has 152 valence electrons. The van der Waals surface area contributed by atoms with Crippen LogP contribution in [0.2, 0.25) is 5.02 Å². The molecule has 29 heavy (non-hydrogen) atoms. The lowest BCUT2D eigenvalue weighted by Gasteiger charge is -2.11. The zero-order chi connectivity index (χ0) is 20.8. The summed E-state index contributed by atoms with van der Waals surface area (Å²) in [4.78, 5) is 12.3. The van der Waals surface area contributed by atoms with E-state index in [9.17, 15) is 13.6 Å². The van der Waals surface area contributed by atoms with Crippen molar-refractivity contribution in [3.63, 3.8) is 0 Å². The van der Waals surface area contributed by atoms with Crippen LogP contribution in [-0.2, 0) is 6.61 Å². The fraction of sp³-hybridized carbons (Fsp3) is 0.150. The van der Waals surface area contributed by atoms with Crippen LogP contribution in [0, 0.1) is 0 Å². The molecule has 0 saturated carbocycles. The first-order valence-corrected chi connectivity index (χ1v) is 8.73. The molecule has 0 saturated heterocycles. The van der Waals surface area contributed by atoms with E-state index in [0.717, 1.165) is 0 Å². The van der Waals surface area contributed by atoms with Crippen molar-refractivity contribution in [2.75, 3.05) is 12.4 Å². The summed E-state index contributed by atoms with van der Waals surface area (Å²) in [5.41, 5.74) is 0.323. The SMILES string of the molecule is COc1cc(NC(=O)c2ccc(COc3ccc(Cl)cc3)o2)ccc1OC(F)F. The third-order valence-electron chi connectivity index (χ3n) is 3.72. The zero-order valence-electron chi connectivity index (χ0n) is 15.2. The van der Waals surface area contributed by atoms with Gasteiger partial charge in [0.15, 0.2) is 17.3 Å². The van der Waals surface area contributed by atoms with E-state index in [4.69, 9.17) is 25.5 Å². The minimum atomic E-state index is -2.99. The Morgan fingerprint density at radius 3 is 2.55 bits per heavy atom. The molecule has 1 heterocycles. The maximum atomic E-state index is 12.4. The Hall–Kier alpha value is -3.26. The number of alkyl halides is 2. The molecule has 3 aromatic rings. The number of furan rings is 1. The molecular formula is C20H16ClF2NO5. The quantitative estimate of drug-likeness (QED) is 0.527. The molecule has 0 radical (unpaired) electrons. The summed E-state index contributed by atoms with van der Waals surface area (Å²) in [7, 11) is 1.30. The number of benzene rings is 2. The number of nitrogens with one attached hydrogen (secondary N) is 1. The zero-order valence-corrected chi connectivity index (χ0v) is 15.9. The van der Waals surface area contributed by atoms with Crippen LogP contribution >= 0.6 is 11.6 Å². The van der Waals surface area contributed by atoms with Crippen molar-refractivity contribution < 1.29 is 32.2 Å². The highest BCUT2D eigenvalue weighted by Gasteiger charge is 2.15. The van der Waals surface area contributed by atoms with Crippen molar-refractivity contribution in [3.05, 3.63) is 71.1 Å². The summed E-state index contributed by atoms with van der Waals surface area (Å²) < 4.78 is 45.1. The van der Waals surface area contributed by atoms with Crippen LogP contribution in [0.3, 0.4) is 0 Å². The van der Waals surface area contributed by atoms with Gasteiger partial charge in [0.1, 0.15) is 18.1 Å². The van der Waals surface area contributed by atoms with Crippen molar-refractivity contribution >= 4 is 23.2 Å². The number of methoxy groups -OCH3 is 1. The smallest absolute Gasteiger partial charge is 0.387 e. The van der Waals surface area contributed by atoms with Gasteiger partial charge in [-0.1, -0.05) is 11.6 Å². The Labute approximate surface area is 169 Å². The highest BCUT2D eigenvalue weighted by molar-refractivity contribution is 6.30. The fourth-order valence-corrected chi connectivity index (χ4v) is 2.52. The molecular weight excluding hydrogens is 408 g/mol. The van der Waals surface area contributed by atoms with Gasteiger partial charge in [0.25, 0.3) is 5.91 Å². The summed E-state index contributed by atoms with van der Waals surface area (Å²) in [6.07, 6.45) is 0. The standard InChI is InChI=1S/C20H16ClF2NO5/c1-26-18-10-13(4-8-16(18)29-20(22)23)24-19(25)17-9-7-15(28-17)11-27-14-5-2-12(21)3-6-14/h2-10,20H,11H2,1H3,(H,24,25). The van der Waals surface area contributed by atoms with Crippen LogP contribution in [0.15, 0.2) is 59.0 Å². The van der Waals surface area contributed by atoms with Gasteiger partial charge in [-0.2, -0.15) is 8.78 Å². The van der Waals surface area contributed by atoms with Crippen LogP contribution in [0.1, 0.15) is 16.3 Å². The van der Waals surface area contributed by atoms with Crippen LogP contribution in [0.4, 0.5) is 14.5 Å². The highest BCUT2D eigenvalue weighted by Crippen LogP contribution is 2.31. The summed E-state index contributed by atoms with van der Waals surface area (Å²) in [6, 6.07) is 14.0. The number of rotatable bonds is 8. The van der Waals surface area contributed by atoms with Gasteiger partial charge in [-0.25, -0.2) is 0 Å². The summed E-state index contributed by atoms with van der Waals surface area (Å²) in [5.74, 6) is 0.511. The molecule has 1 N–H and O–H groups in total. The number of ether oxygens (including phenoxy) is 3. The second-order valence-electron chi connectivity index (χ2n) is 5.71. The minimum absolute atomic E-state index is 0.0552. The van der Waals surface area contributed by atoms with E-state index >= 15 is 0 Å². The largest absolute Gasteiger partial charge is 0.493 e. The van der Waals surface area contributed by atoms with Crippen LogP contribution in [-0.4, -0.2) is 19.6 Å². The van der Waals surface area contributed by atoms with Gasteiger partial charge in [0, 0.05) is 16.8 Å². The van der Waals surface area contributed by atoms with E-state index in [0.29, 0.717) is 22.2 Å². The molecule has 0 aliphatic carbocycles. The van der Waals surface area contributed by atoms with Gasteiger partial charge in [-0.3, -0.25) is 4.79 Å². The maximum absolute atomic E-state index is 12.4. The lowest BCUT2D eigenvalue weighted by Crippen LogP contribution is -2.11. The number of hydrogen-bond acceptors (Lipinski definition) is 5. The predicted octanol–water partition coefficient (Wildman–Crippen LogP) is 5.37. The van der Waals surface area contributed by atoms with Crippen molar-refractivity contribution in [2.45, 2.75) is 13.2 Å². The summed E-state index contributed by atoms with van der Waals surface area (Å²) in [6.45, 7) is -2.86. The Morgan fingerprint density at radius 2 is 1.86 bits per heavy atom. The third kappa shape index (κ3) is 5.61. The first-order chi connectivity index (χ1) is 13.9. The molecule has 0 spiro atoms. The van der Waals surface area contributed by atoms with Crippen molar-refractivity contribution in [1.29, 1.82) is 0 Å². The Morgan fingerprint density at radius 1 is 1.10 bits per heavy atom. The van der Waals surface area contributed by atoms with E-state index < -0.39 is 12.5 Å². The number of carbonyl (C=O) groups is 1. The molecule has 0 bridgehead atoms. The van der Waals surface area contributed by atoms with Crippen LogP contribution in [0.25, 0.3) is 0 Å². The predicted molar refractivity (Wildman–Crippen MR) is 102 cm³/mol.